The molecule has 5 nitrogen and oxygen atoms in total. The molecule has 1 aromatic rings. The van der Waals surface area contributed by atoms with Crippen molar-refractivity contribution >= 4 is 12.1 Å². The summed E-state index contributed by atoms with van der Waals surface area (Å²) in [4.78, 5) is 24.4. The Morgan fingerprint density at radius 1 is 1.15 bits per heavy atom. The van der Waals surface area contributed by atoms with Crippen LogP contribution in [0, 0.1) is 6.92 Å². The van der Waals surface area contributed by atoms with Gasteiger partial charge in [0, 0.05) is 6.54 Å². The largest absolute Gasteiger partial charge is 0.481 e. The van der Waals surface area contributed by atoms with Crippen LogP contribution in [0.2, 0.25) is 0 Å². The number of alkyl carbamates (subject to hydrolysis) is 1. The summed E-state index contributed by atoms with van der Waals surface area (Å²) in [6, 6.07) is 7.53. The molecule has 1 atom stereocenters. The second kappa shape index (κ2) is 9.60. The average molecular weight is 363 g/mol. The van der Waals surface area contributed by atoms with Crippen LogP contribution >= 0.6 is 0 Å². The third-order valence-electron chi connectivity index (χ3n) is 4.37. The Morgan fingerprint density at radius 2 is 1.85 bits per heavy atom. The molecule has 0 spiro atoms. The molecular formula is C21H33NO4. The van der Waals surface area contributed by atoms with Crippen LogP contribution in [0.15, 0.2) is 24.3 Å². The lowest BCUT2D eigenvalue weighted by Crippen LogP contribution is -2.47. The van der Waals surface area contributed by atoms with Crippen molar-refractivity contribution in [2.24, 2.45) is 0 Å². The van der Waals surface area contributed by atoms with Crippen molar-refractivity contribution in [3.8, 4) is 0 Å². The number of ether oxygens (including phenoxy) is 1. The van der Waals surface area contributed by atoms with Gasteiger partial charge in [-0.2, -0.15) is 0 Å². The number of carbonyl (C=O) groups is 2. The summed E-state index contributed by atoms with van der Waals surface area (Å²) in [5.74, 6) is -0.921. The number of rotatable bonds is 9. The second-order valence-electron chi connectivity index (χ2n) is 7.92. The van der Waals surface area contributed by atoms with Crippen molar-refractivity contribution in [2.45, 2.75) is 77.7 Å². The molecule has 26 heavy (non-hydrogen) atoms. The maximum atomic E-state index is 12.3. The Labute approximate surface area is 157 Å². The standard InChI is InChI=1S/C21H33NO4/c1-6-7-8-9-13-21(18(23)24,17-12-10-11-16(2)14-17)15-22-19(25)26-20(3,4)5/h10-12,14H,6-9,13,15H2,1-5H3,(H,22,25)(H,23,24). The van der Waals surface area contributed by atoms with Gasteiger partial charge < -0.3 is 15.2 Å². The number of benzene rings is 1. The fourth-order valence-corrected chi connectivity index (χ4v) is 2.97. The summed E-state index contributed by atoms with van der Waals surface area (Å²) >= 11 is 0. The Morgan fingerprint density at radius 3 is 2.38 bits per heavy atom. The van der Waals surface area contributed by atoms with Crippen molar-refractivity contribution < 1.29 is 19.4 Å². The maximum absolute atomic E-state index is 12.3. The summed E-state index contributed by atoms with van der Waals surface area (Å²) in [6.07, 6.45) is 3.81. The quantitative estimate of drug-likeness (QED) is 0.617. The number of hydrogen-bond acceptors (Lipinski definition) is 3. The lowest BCUT2D eigenvalue weighted by Gasteiger charge is -2.31. The number of aliphatic carboxylic acids is 1. The van der Waals surface area contributed by atoms with Gasteiger partial charge in [-0.3, -0.25) is 4.79 Å². The highest BCUT2D eigenvalue weighted by Crippen LogP contribution is 2.31. The Balaban J connectivity index is 3.05. The Kier molecular flexibility index (Phi) is 8.12. The molecule has 0 aliphatic rings. The minimum absolute atomic E-state index is 0.00677. The number of carboxylic acid groups (broad SMARTS) is 1. The molecule has 146 valence electrons. The van der Waals surface area contributed by atoms with Crippen molar-refractivity contribution in [3.05, 3.63) is 35.4 Å². The minimum Gasteiger partial charge on any atom is -0.481 e. The van der Waals surface area contributed by atoms with E-state index in [0.717, 1.165) is 36.8 Å². The van der Waals surface area contributed by atoms with Crippen molar-refractivity contribution in [3.63, 3.8) is 0 Å². The number of hydrogen-bond donors (Lipinski definition) is 2. The molecule has 2 N–H and O–H groups in total. The highest BCUT2D eigenvalue weighted by atomic mass is 16.6. The van der Waals surface area contributed by atoms with Gasteiger partial charge in [0.15, 0.2) is 0 Å². The van der Waals surface area contributed by atoms with Crippen LogP contribution in [0.25, 0.3) is 0 Å². The van der Waals surface area contributed by atoms with E-state index in [-0.39, 0.29) is 6.54 Å². The highest BCUT2D eigenvalue weighted by Gasteiger charge is 2.40. The van der Waals surface area contributed by atoms with E-state index in [0.29, 0.717) is 6.42 Å². The molecule has 1 amide bonds. The first-order valence-electron chi connectivity index (χ1n) is 9.38. The van der Waals surface area contributed by atoms with Gasteiger partial charge >= 0.3 is 12.1 Å². The first kappa shape index (κ1) is 22.0. The van der Waals surface area contributed by atoms with E-state index < -0.39 is 23.1 Å². The van der Waals surface area contributed by atoms with Crippen LogP contribution in [0.3, 0.4) is 0 Å². The maximum Gasteiger partial charge on any atom is 0.407 e. The van der Waals surface area contributed by atoms with E-state index in [4.69, 9.17) is 4.74 Å². The molecule has 0 saturated heterocycles. The van der Waals surface area contributed by atoms with Gasteiger partial charge in [0.05, 0.1) is 0 Å². The van der Waals surface area contributed by atoms with Crippen molar-refractivity contribution in [1.29, 1.82) is 0 Å². The van der Waals surface area contributed by atoms with Crippen molar-refractivity contribution in [2.75, 3.05) is 6.54 Å². The third-order valence-corrected chi connectivity index (χ3v) is 4.37. The molecule has 1 aromatic carbocycles. The molecule has 0 aromatic heterocycles. The van der Waals surface area contributed by atoms with Gasteiger partial charge in [0.2, 0.25) is 0 Å². The Hall–Kier alpha value is -2.04. The van der Waals surface area contributed by atoms with Gasteiger partial charge in [-0.1, -0.05) is 62.4 Å². The molecule has 0 radical (unpaired) electrons. The zero-order valence-electron chi connectivity index (χ0n) is 16.7. The first-order valence-corrected chi connectivity index (χ1v) is 9.38. The number of carbonyl (C=O) groups excluding carboxylic acids is 1. The zero-order chi connectivity index (χ0) is 19.8. The van der Waals surface area contributed by atoms with Gasteiger partial charge in [0.25, 0.3) is 0 Å². The van der Waals surface area contributed by atoms with E-state index in [9.17, 15) is 14.7 Å². The van der Waals surface area contributed by atoms with E-state index in [1.165, 1.54) is 0 Å². The predicted molar refractivity (Wildman–Crippen MR) is 103 cm³/mol. The van der Waals surface area contributed by atoms with Crippen molar-refractivity contribution in [1.82, 2.24) is 5.32 Å². The van der Waals surface area contributed by atoms with Gasteiger partial charge in [-0.25, -0.2) is 4.79 Å². The van der Waals surface area contributed by atoms with E-state index >= 15 is 0 Å². The molecule has 1 unspecified atom stereocenters. The average Bonchev–Trinajstić information content (AvgIpc) is 2.52. The molecule has 0 saturated carbocycles. The van der Waals surface area contributed by atoms with E-state index in [1.54, 1.807) is 20.8 Å². The van der Waals surface area contributed by atoms with Crippen LogP contribution in [0.1, 0.15) is 70.9 Å². The lowest BCUT2D eigenvalue weighted by molar-refractivity contribution is -0.144. The Bertz CT molecular complexity index is 606. The molecule has 0 fully saturated rings. The highest BCUT2D eigenvalue weighted by molar-refractivity contribution is 5.83. The lowest BCUT2D eigenvalue weighted by atomic mass is 9.75. The van der Waals surface area contributed by atoms with Gasteiger partial charge in [0.1, 0.15) is 11.0 Å². The number of unbranched alkanes of at least 4 members (excludes halogenated alkanes) is 3. The fourth-order valence-electron chi connectivity index (χ4n) is 2.97. The van der Waals surface area contributed by atoms with Gasteiger partial charge in [-0.15, -0.1) is 0 Å². The molecule has 0 aliphatic carbocycles. The molecule has 0 heterocycles. The van der Waals surface area contributed by atoms with E-state index in [2.05, 4.69) is 12.2 Å². The summed E-state index contributed by atoms with van der Waals surface area (Å²) in [7, 11) is 0. The predicted octanol–water partition coefficient (Wildman–Crippen LogP) is 4.81. The van der Waals surface area contributed by atoms with Crippen LogP contribution in [0.4, 0.5) is 4.79 Å². The molecule has 0 bridgehead atoms. The van der Waals surface area contributed by atoms with Crippen LogP contribution in [-0.4, -0.2) is 29.3 Å². The zero-order valence-corrected chi connectivity index (χ0v) is 16.7. The molecule has 5 heteroatoms. The van der Waals surface area contributed by atoms with Crippen LogP contribution in [-0.2, 0) is 14.9 Å². The summed E-state index contributed by atoms with van der Waals surface area (Å²) in [5, 5.41) is 12.8. The monoisotopic (exact) mass is 363 g/mol. The van der Waals surface area contributed by atoms with Crippen LogP contribution in [0.5, 0.6) is 0 Å². The topological polar surface area (TPSA) is 75.6 Å². The molecule has 1 rings (SSSR count). The second-order valence-corrected chi connectivity index (χ2v) is 7.92. The van der Waals surface area contributed by atoms with E-state index in [1.807, 2.05) is 31.2 Å². The molecular weight excluding hydrogens is 330 g/mol. The summed E-state index contributed by atoms with van der Waals surface area (Å²) in [5.41, 5.74) is -0.0617. The smallest absolute Gasteiger partial charge is 0.407 e. The number of amides is 1. The summed E-state index contributed by atoms with van der Waals surface area (Å²) < 4.78 is 5.27. The first-order chi connectivity index (χ1) is 12.1. The minimum atomic E-state index is -1.16. The molecule has 0 aliphatic heterocycles. The van der Waals surface area contributed by atoms with Gasteiger partial charge in [-0.05, 0) is 39.7 Å². The third kappa shape index (κ3) is 6.70. The number of carboxylic acids is 1. The number of nitrogens with one attached hydrogen (secondary N) is 1. The number of aryl methyl sites for hydroxylation is 1. The fraction of sp³-hybridized carbons (Fsp3) is 0.619. The SMILES string of the molecule is CCCCCCC(CNC(=O)OC(C)(C)C)(C(=O)O)c1cccc(C)c1. The van der Waals surface area contributed by atoms with Crippen LogP contribution < -0.4 is 5.32 Å². The summed E-state index contributed by atoms with van der Waals surface area (Å²) in [6.45, 7) is 9.41. The normalized spacial score (nSPS) is 13.7.